The normalized spacial score (nSPS) is 32.1. The van der Waals surface area contributed by atoms with Gasteiger partial charge in [0.25, 0.3) is 0 Å². The van der Waals surface area contributed by atoms with Crippen LogP contribution in [0.3, 0.4) is 0 Å². The van der Waals surface area contributed by atoms with Crippen LogP contribution in [0.5, 0.6) is 5.75 Å². The number of fused-ring (bicyclic) bond motifs is 2. The molecule has 2 bridgehead atoms. The number of carbonyl (C=O) groups is 1. The van der Waals surface area contributed by atoms with Crippen molar-refractivity contribution >= 4 is 5.97 Å². The van der Waals surface area contributed by atoms with Crippen molar-refractivity contribution in [3.8, 4) is 5.75 Å². The third-order valence-electron chi connectivity index (χ3n) is 5.09. The number of quaternary nitrogens is 1. The second kappa shape index (κ2) is 5.21. The first-order chi connectivity index (χ1) is 9.58. The van der Waals surface area contributed by atoms with Gasteiger partial charge < -0.3 is 9.22 Å². The molecule has 0 amide bonds. The molecule has 2 heterocycles. The average molecular weight is 273 g/mol. The average Bonchev–Trinajstić information content (AvgIpc) is 2.61. The molecule has 2 atom stereocenters. The van der Waals surface area contributed by atoms with E-state index < -0.39 is 0 Å². The van der Waals surface area contributed by atoms with Gasteiger partial charge in [0.1, 0.15) is 12.3 Å². The molecule has 0 N–H and O–H groups in total. The molecule has 1 radical (unpaired) electrons. The van der Waals surface area contributed by atoms with Crippen molar-refractivity contribution in [1.29, 1.82) is 0 Å². The van der Waals surface area contributed by atoms with Crippen LogP contribution in [0, 0.1) is 6.42 Å². The smallest absolute Gasteiger partial charge is 0.308 e. The predicted molar refractivity (Wildman–Crippen MR) is 78.0 cm³/mol. The first-order valence-corrected chi connectivity index (χ1v) is 7.52. The van der Waals surface area contributed by atoms with Gasteiger partial charge in [-0.1, -0.05) is 0 Å². The van der Waals surface area contributed by atoms with Gasteiger partial charge >= 0.3 is 5.97 Å². The Balaban J connectivity index is 1.73. The molecule has 3 rings (SSSR count). The highest BCUT2D eigenvalue weighted by molar-refractivity contribution is 5.69. The monoisotopic (exact) mass is 273 g/mol. The maximum absolute atomic E-state index is 10.9. The molecule has 2 aliphatic heterocycles. The van der Waals surface area contributed by atoms with Gasteiger partial charge in [0.2, 0.25) is 0 Å². The van der Waals surface area contributed by atoms with Gasteiger partial charge in [-0.3, -0.25) is 4.79 Å². The first kappa shape index (κ1) is 13.6. The quantitative estimate of drug-likeness (QED) is 0.480. The number of ether oxygens (including phenoxy) is 1. The Labute approximate surface area is 121 Å². The SMILES string of the molecule is CC(=O)Oc1ccc(C[N+]2(C)C3C[CH]CC2CC3)cc1. The Hall–Kier alpha value is -1.35. The Morgan fingerprint density at radius 3 is 2.35 bits per heavy atom. The number of carbonyl (C=O) groups excluding carboxylic acids is 1. The van der Waals surface area contributed by atoms with Gasteiger partial charge in [-0.25, -0.2) is 0 Å². The summed E-state index contributed by atoms with van der Waals surface area (Å²) in [5.74, 6) is 0.375. The molecule has 2 aliphatic rings. The lowest BCUT2D eigenvalue weighted by Crippen LogP contribution is -2.55. The number of rotatable bonds is 3. The number of hydrogen-bond donors (Lipinski definition) is 0. The van der Waals surface area contributed by atoms with Crippen LogP contribution in [0.25, 0.3) is 0 Å². The van der Waals surface area contributed by atoms with Crippen LogP contribution in [0.1, 0.15) is 38.2 Å². The molecule has 0 aliphatic carbocycles. The molecular weight excluding hydrogens is 250 g/mol. The van der Waals surface area contributed by atoms with E-state index in [-0.39, 0.29) is 5.97 Å². The lowest BCUT2D eigenvalue weighted by molar-refractivity contribution is -0.959. The number of piperidine rings is 1. The minimum atomic E-state index is -0.263. The summed E-state index contributed by atoms with van der Waals surface area (Å²) in [4.78, 5) is 10.9. The summed E-state index contributed by atoms with van der Waals surface area (Å²) in [5, 5.41) is 0. The maximum atomic E-state index is 10.9. The van der Waals surface area contributed by atoms with E-state index in [1.165, 1.54) is 42.7 Å². The third kappa shape index (κ3) is 2.47. The Kier molecular flexibility index (Phi) is 3.55. The molecule has 0 saturated carbocycles. The maximum Gasteiger partial charge on any atom is 0.308 e. The minimum absolute atomic E-state index is 0.263. The van der Waals surface area contributed by atoms with Crippen LogP contribution in [0.4, 0.5) is 0 Å². The highest BCUT2D eigenvalue weighted by Gasteiger charge is 2.48. The van der Waals surface area contributed by atoms with E-state index in [1.807, 2.05) is 12.1 Å². The van der Waals surface area contributed by atoms with Gasteiger partial charge in [0.05, 0.1) is 19.1 Å². The van der Waals surface area contributed by atoms with Gasteiger partial charge in [-0.15, -0.1) is 0 Å². The zero-order valence-corrected chi connectivity index (χ0v) is 12.3. The fourth-order valence-electron chi connectivity index (χ4n) is 3.95. The van der Waals surface area contributed by atoms with Crippen molar-refractivity contribution in [3.05, 3.63) is 36.2 Å². The molecule has 2 unspecified atom stereocenters. The lowest BCUT2D eigenvalue weighted by Gasteiger charge is -2.44. The van der Waals surface area contributed by atoms with Crippen molar-refractivity contribution in [3.63, 3.8) is 0 Å². The Bertz CT molecular complexity index is 478. The summed E-state index contributed by atoms with van der Waals surface area (Å²) in [6, 6.07) is 9.59. The standard InChI is InChI=1S/C17H23NO2/c1-13(19)20-17-10-6-14(7-11-17)12-18(2)15-4-3-5-16(18)9-8-15/h3,6-7,10-11,15-16H,4-5,8-9,12H2,1-2H3/q+1. The van der Waals surface area contributed by atoms with Crippen molar-refractivity contribution in [1.82, 2.24) is 0 Å². The van der Waals surface area contributed by atoms with E-state index in [0.717, 1.165) is 18.6 Å². The van der Waals surface area contributed by atoms with Crippen molar-refractivity contribution < 1.29 is 14.0 Å². The molecule has 2 saturated heterocycles. The third-order valence-corrected chi connectivity index (χ3v) is 5.09. The largest absolute Gasteiger partial charge is 0.427 e. The van der Waals surface area contributed by atoms with Crippen LogP contribution in [-0.4, -0.2) is 29.6 Å². The van der Waals surface area contributed by atoms with E-state index in [2.05, 4.69) is 25.6 Å². The Morgan fingerprint density at radius 2 is 1.80 bits per heavy atom. The molecule has 2 fully saturated rings. The number of esters is 1. The van der Waals surface area contributed by atoms with Gasteiger partial charge in [0.15, 0.2) is 0 Å². The van der Waals surface area contributed by atoms with Crippen LogP contribution >= 0.6 is 0 Å². The second-order valence-corrected chi connectivity index (χ2v) is 6.39. The van der Waals surface area contributed by atoms with Crippen molar-refractivity contribution in [2.45, 2.75) is 51.2 Å². The lowest BCUT2D eigenvalue weighted by atomic mass is 9.98. The number of benzene rings is 1. The summed E-state index contributed by atoms with van der Waals surface area (Å²) >= 11 is 0. The van der Waals surface area contributed by atoms with E-state index in [1.54, 1.807) is 0 Å². The topological polar surface area (TPSA) is 26.3 Å². The number of nitrogens with zero attached hydrogens (tertiary/aromatic N) is 1. The summed E-state index contributed by atoms with van der Waals surface area (Å²) in [5.41, 5.74) is 1.34. The summed E-state index contributed by atoms with van der Waals surface area (Å²) in [6.07, 6.45) is 7.73. The summed E-state index contributed by atoms with van der Waals surface area (Å²) in [7, 11) is 2.41. The van der Waals surface area contributed by atoms with Crippen LogP contribution in [0.2, 0.25) is 0 Å². The van der Waals surface area contributed by atoms with Gasteiger partial charge in [-0.2, -0.15) is 0 Å². The van der Waals surface area contributed by atoms with E-state index in [9.17, 15) is 4.79 Å². The first-order valence-electron chi connectivity index (χ1n) is 7.52. The zero-order chi connectivity index (χ0) is 14.2. The molecule has 1 aromatic rings. The number of hydrogen-bond acceptors (Lipinski definition) is 2. The van der Waals surface area contributed by atoms with Gasteiger partial charge in [-0.05, 0) is 30.7 Å². The van der Waals surface area contributed by atoms with Crippen LogP contribution < -0.4 is 4.74 Å². The zero-order valence-electron chi connectivity index (χ0n) is 12.3. The fourth-order valence-corrected chi connectivity index (χ4v) is 3.95. The van der Waals surface area contributed by atoms with Crippen LogP contribution in [0.15, 0.2) is 24.3 Å². The highest BCUT2D eigenvalue weighted by atomic mass is 16.5. The molecule has 3 heteroatoms. The minimum Gasteiger partial charge on any atom is -0.427 e. The van der Waals surface area contributed by atoms with E-state index in [4.69, 9.17) is 4.74 Å². The van der Waals surface area contributed by atoms with Gasteiger partial charge in [0, 0.05) is 38.2 Å². The van der Waals surface area contributed by atoms with E-state index >= 15 is 0 Å². The molecule has 20 heavy (non-hydrogen) atoms. The highest BCUT2D eigenvalue weighted by Crippen LogP contribution is 2.42. The molecule has 3 nitrogen and oxygen atoms in total. The molecule has 0 spiro atoms. The van der Waals surface area contributed by atoms with Crippen molar-refractivity contribution in [2.24, 2.45) is 0 Å². The second-order valence-electron chi connectivity index (χ2n) is 6.39. The summed E-state index contributed by atoms with van der Waals surface area (Å²) in [6.45, 7) is 2.52. The molecule has 0 aromatic heterocycles. The Morgan fingerprint density at radius 1 is 1.20 bits per heavy atom. The molecule has 1 aromatic carbocycles. The molecule has 107 valence electrons. The molecular formula is C17H23NO2+. The fraction of sp³-hybridized carbons (Fsp3) is 0.529. The van der Waals surface area contributed by atoms with Crippen LogP contribution in [-0.2, 0) is 11.3 Å². The van der Waals surface area contributed by atoms with E-state index in [0.29, 0.717) is 5.75 Å². The predicted octanol–water partition coefficient (Wildman–Crippen LogP) is 3.09. The van der Waals surface area contributed by atoms with Crippen molar-refractivity contribution in [2.75, 3.05) is 7.05 Å². The summed E-state index contributed by atoms with van der Waals surface area (Å²) < 4.78 is 6.27.